The summed E-state index contributed by atoms with van der Waals surface area (Å²) in [5.74, 6) is 1.17. The molecule has 6 heteroatoms. The van der Waals surface area contributed by atoms with Gasteiger partial charge in [0.15, 0.2) is 0 Å². The highest BCUT2D eigenvalue weighted by molar-refractivity contribution is 6.30. The Morgan fingerprint density at radius 1 is 1.19 bits per heavy atom. The third kappa shape index (κ3) is 2.77. The first-order valence-electron chi connectivity index (χ1n) is 9.37. The van der Waals surface area contributed by atoms with Crippen LogP contribution in [0.25, 0.3) is 0 Å². The Morgan fingerprint density at radius 3 is 2.78 bits per heavy atom. The molecule has 0 amide bonds. The van der Waals surface area contributed by atoms with E-state index < -0.39 is 5.72 Å². The highest BCUT2D eigenvalue weighted by Gasteiger charge is 2.51. The first kappa shape index (κ1) is 16.9. The normalized spacial score (nSPS) is 23.6. The highest BCUT2D eigenvalue weighted by atomic mass is 35.5. The molecular weight excluding hydrogens is 362 g/mol. The van der Waals surface area contributed by atoms with Gasteiger partial charge in [-0.1, -0.05) is 23.7 Å². The number of aromatic hydroxyl groups is 1. The Balaban J connectivity index is 1.60. The van der Waals surface area contributed by atoms with Crippen LogP contribution in [0, 0.1) is 0 Å². The van der Waals surface area contributed by atoms with Crippen LogP contribution in [0.4, 0.5) is 0 Å². The van der Waals surface area contributed by atoms with Gasteiger partial charge in [0, 0.05) is 48.5 Å². The molecule has 3 aliphatic rings. The minimum atomic E-state index is -0.420. The van der Waals surface area contributed by atoms with Crippen LogP contribution in [0.1, 0.15) is 36.4 Å². The summed E-state index contributed by atoms with van der Waals surface area (Å²) >= 11 is 6.29. The van der Waals surface area contributed by atoms with Crippen LogP contribution in [0.15, 0.2) is 47.6 Å². The average molecular weight is 384 g/mol. The largest absolute Gasteiger partial charge is 0.508 e. The average Bonchev–Trinajstić information content (AvgIpc) is 3.12. The number of phenols is 1. The lowest BCUT2D eigenvalue weighted by Crippen LogP contribution is -2.58. The van der Waals surface area contributed by atoms with E-state index in [-0.39, 0.29) is 11.8 Å². The van der Waals surface area contributed by atoms with Gasteiger partial charge in [0.05, 0.1) is 11.8 Å². The molecule has 27 heavy (non-hydrogen) atoms. The predicted molar refractivity (Wildman–Crippen MR) is 105 cm³/mol. The number of nitrogens with zero attached hydrogens (tertiary/aromatic N) is 3. The van der Waals surface area contributed by atoms with Gasteiger partial charge in [0.1, 0.15) is 11.5 Å². The topological polar surface area (TPSA) is 48.3 Å². The van der Waals surface area contributed by atoms with Crippen molar-refractivity contribution in [3.8, 4) is 11.5 Å². The molecule has 0 radical (unpaired) electrons. The van der Waals surface area contributed by atoms with E-state index in [4.69, 9.17) is 21.4 Å². The minimum absolute atomic E-state index is 0.105. The number of piperidine rings is 1. The zero-order valence-electron chi connectivity index (χ0n) is 15.2. The van der Waals surface area contributed by atoms with Crippen LogP contribution in [-0.2, 0) is 0 Å². The van der Waals surface area contributed by atoms with E-state index in [1.165, 1.54) is 0 Å². The van der Waals surface area contributed by atoms with E-state index >= 15 is 0 Å². The van der Waals surface area contributed by atoms with Gasteiger partial charge in [0.25, 0.3) is 0 Å². The second kappa shape index (κ2) is 6.14. The number of likely N-dealkylation sites (tertiary alicyclic amines) is 1. The quantitative estimate of drug-likeness (QED) is 0.808. The summed E-state index contributed by atoms with van der Waals surface area (Å²) in [6.45, 7) is 1.95. The summed E-state index contributed by atoms with van der Waals surface area (Å²) in [6, 6.07) is 13.3. The molecule has 0 aliphatic carbocycles. The van der Waals surface area contributed by atoms with Crippen molar-refractivity contribution in [1.82, 2.24) is 9.91 Å². The van der Waals surface area contributed by atoms with E-state index in [9.17, 15) is 5.11 Å². The standard InChI is InChI=1S/C21H22ClN3O2/c1-24-9-7-21(8-10-24)25-19(17-12-15(22)5-6-20(17)27-21)13-18(23-25)14-3-2-4-16(26)11-14/h2-6,11-12,19,26H,7-10,13H2,1H3. The van der Waals surface area contributed by atoms with Crippen molar-refractivity contribution in [1.29, 1.82) is 0 Å². The maximum atomic E-state index is 9.88. The number of rotatable bonds is 1. The summed E-state index contributed by atoms with van der Waals surface area (Å²) in [4.78, 5) is 2.33. The van der Waals surface area contributed by atoms with E-state index in [0.717, 1.165) is 54.9 Å². The fourth-order valence-corrected chi connectivity index (χ4v) is 4.59. The summed E-state index contributed by atoms with van der Waals surface area (Å²) in [5.41, 5.74) is 2.60. The Hall–Kier alpha value is -2.24. The van der Waals surface area contributed by atoms with Crippen molar-refractivity contribution in [3.05, 3.63) is 58.6 Å². The summed E-state index contributed by atoms with van der Waals surface area (Å²) in [5, 5.41) is 17.8. The van der Waals surface area contributed by atoms with Crippen LogP contribution in [0.3, 0.4) is 0 Å². The first-order valence-corrected chi connectivity index (χ1v) is 9.75. The molecule has 1 unspecified atom stereocenters. The number of hydrazone groups is 1. The van der Waals surface area contributed by atoms with Crippen LogP contribution < -0.4 is 4.74 Å². The summed E-state index contributed by atoms with van der Waals surface area (Å²) in [7, 11) is 2.15. The second-order valence-electron chi connectivity index (χ2n) is 7.70. The van der Waals surface area contributed by atoms with Gasteiger partial charge in [-0.2, -0.15) is 5.10 Å². The number of ether oxygens (including phenoxy) is 1. The molecule has 1 spiro atoms. The zero-order valence-corrected chi connectivity index (χ0v) is 16.0. The van der Waals surface area contributed by atoms with Crippen molar-refractivity contribution in [2.75, 3.05) is 20.1 Å². The zero-order chi connectivity index (χ0) is 18.6. The van der Waals surface area contributed by atoms with Crippen molar-refractivity contribution < 1.29 is 9.84 Å². The first-order chi connectivity index (χ1) is 13.0. The Labute approximate surface area is 163 Å². The number of fused-ring (bicyclic) bond motifs is 4. The maximum absolute atomic E-state index is 9.88. The molecule has 0 aromatic heterocycles. The molecule has 2 aromatic carbocycles. The lowest BCUT2D eigenvalue weighted by atomic mass is 9.91. The third-order valence-corrected chi connectivity index (χ3v) is 6.14. The molecule has 5 nitrogen and oxygen atoms in total. The van der Waals surface area contributed by atoms with Gasteiger partial charge in [-0.3, -0.25) is 0 Å². The molecule has 3 aliphatic heterocycles. The number of phenolic OH excluding ortho intramolecular Hbond substituents is 1. The molecular formula is C21H22ClN3O2. The van der Waals surface area contributed by atoms with E-state index in [2.05, 4.69) is 17.0 Å². The Morgan fingerprint density at radius 2 is 2.00 bits per heavy atom. The van der Waals surface area contributed by atoms with Crippen molar-refractivity contribution in [2.45, 2.75) is 31.0 Å². The van der Waals surface area contributed by atoms with Crippen LogP contribution in [-0.4, -0.2) is 46.6 Å². The van der Waals surface area contributed by atoms with Crippen molar-refractivity contribution in [2.24, 2.45) is 5.10 Å². The number of benzene rings is 2. The van der Waals surface area contributed by atoms with Gasteiger partial charge in [-0.05, 0) is 37.4 Å². The number of hydrogen-bond donors (Lipinski definition) is 1. The lowest BCUT2D eigenvalue weighted by molar-refractivity contribution is -0.147. The fourth-order valence-electron chi connectivity index (χ4n) is 4.41. The number of halogens is 1. The lowest BCUT2D eigenvalue weighted by Gasteiger charge is -2.50. The molecule has 1 saturated heterocycles. The Bertz CT molecular complexity index is 921. The fraction of sp³-hybridized carbons (Fsp3) is 0.381. The number of hydrogen-bond acceptors (Lipinski definition) is 5. The predicted octanol–water partition coefficient (Wildman–Crippen LogP) is 4.01. The molecule has 3 heterocycles. The molecule has 1 N–H and O–H groups in total. The smallest absolute Gasteiger partial charge is 0.200 e. The maximum Gasteiger partial charge on any atom is 0.200 e. The highest BCUT2D eigenvalue weighted by Crippen LogP contribution is 2.50. The third-order valence-electron chi connectivity index (χ3n) is 5.91. The van der Waals surface area contributed by atoms with Crippen molar-refractivity contribution in [3.63, 3.8) is 0 Å². The second-order valence-corrected chi connectivity index (χ2v) is 8.13. The van der Waals surface area contributed by atoms with E-state index in [0.29, 0.717) is 5.02 Å². The van der Waals surface area contributed by atoms with Gasteiger partial charge >= 0.3 is 0 Å². The Kier molecular flexibility index (Phi) is 3.85. The van der Waals surface area contributed by atoms with Gasteiger partial charge < -0.3 is 14.7 Å². The van der Waals surface area contributed by atoms with Gasteiger partial charge in [0.2, 0.25) is 5.72 Å². The molecule has 1 fully saturated rings. The van der Waals surface area contributed by atoms with Crippen LogP contribution >= 0.6 is 11.6 Å². The monoisotopic (exact) mass is 383 g/mol. The summed E-state index contributed by atoms with van der Waals surface area (Å²) < 4.78 is 6.57. The molecule has 0 bridgehead atoms. The molecule has 5 rings (SSSR count). The van der Waals surface area contributed by atoms with E-state index in [1.54, 1.807) is 12.1 Å². The molecule has 0 saturated carbocycles. The SMILES string of the molecule is CN1CCC2(CC1)Oc1ccc(Cl)cc1C1CC(c3cccc(O)c3)=NN12. The van der Waals surface area contributed by atoms with Crippen LogP contribution in [0.5, 0.6) is 11.5 Å². The molecule has 140 valence electrons. The summed E-state index contributed by atoms with van der Waals surface area (Å²) in [6.07, 6.45) is 2.58. The minimum Gasteiger partial charge on any atom is -0.508 e. The van der Waals surface area contributed by atoms with Gasteiger partial charge in [-0.15, -0.1) is 0 Å². The molecule has 1 atom stereocenters. The van der Waals surface area contributed by atoms with E-state index in [1.807, 2.05) is 30.3 Å². The van der Waals surface area contributed by atoms with Gasteiger partial charge in [-0.25, -0.2) is 5.01 Å². The van der Waals surface area contributed by atoms with Crippen LogP contribution in [0.2, 0.25) is 5.02 Å². The van der Waals surface area contributed by atoms with Crippen molar-refractivity contribution >= 4 is 17.3 Å². The molecule has 2 aromatic rings.